The van der Waals surface area contributed by atoms with Crippen LogP contribution in [0.3, 0.4) is 0 Å². The zero-order valence-electron chi connectivity index (χ0n) is 8.55. The van der Waals surface area contributed by atoms with Gasteiger partial charge in [-0.2, -0.15) is 0 Å². The largest absolute Gasteiger partial charge is 0.389 e. The standard InChI is InChI=1S/C10H16N2O2/c1-12(7-9(13)8-14-2)10-5-3-4-6-11-10/h3-6,9,13H,7-8H2,1-2H3. The van der Waals surface area contributed by atoms with Crippen LogP contribution in [0, 0.1) is 0 Å². The smallest absolute Gasteiger partial charge is 0.128 e. The first-order chi connectivity index (χ1) is 6.74. The highest BCUT2D eigenvalue weighted by molar-refractivity contribution is 5.36. The van der Waals surface area contributed by atoms with Crippen molar-refractivity contribution in [1.82, 2.24) is 4.98 Å². The Labute approximate surface area is 84.1 Å². The van der Waals surface area contributed by atoms with E-state index in [9.17, 15) is 5.11 Å². The Hall–Kier alpha value is -1.13. The second-order valence-electron chi connectivity index (χ2n) is 3.18. The van der Waals surface area contributed by atoms with Gasteiger partial charge < -0.3 is 14.7 Å². The van der Waals surface area contributed by atoms with Crippen LogP contribution in [0.5, 0.6) is 0 Å². The molecule has 1 N–H and O–H groups in total. The zero-order valence-corrected chi connectivity index (χ0v) is 8.55. The van der Waals surface area contributed by atoms with Gasteiger partial charge in [0.1, 0.15) is 5.82 Å². The number of aliphatic hydroxyl groups excluding tert-OH is 1. The fraction of sp³-hybridized carbons (Fsp3) is 0.500. The van der Waals surface area contributed by atoms with Crippen LogP contribution in [-0.2, 0) is 4.74 Å². The Morgan fingerprint density at radius 2 is 2.36 bits per heavy atom. The molecule has 0 saturated heterocycles. The van der Waals surface area contributed by atoms with E-state index in [-0.39, 0.29) is 0 Å². The summed E-state index contributed by atoms with van der Waals surface area (Å²) in [6.07, 6.45) is 1.25. The predicted octanol–water partition coefficient (Wildman–Crippen LogP) is 0.525. The number of likely N-dealkylation sites (N-methyl/N-ethyl adjacent to an activating group) is 1. The third-order valence-corrected chi connectivity index (χ3v) is 1.88. The summed E-state index contributed by atoms with van der Waals surface area (Å²) >= 11 is 0. The van der Waals surface area contributed by atoms with Crippen molar-refractivity contribution < 1.29 is 9.84 Å². The third kappa shape index (κ3) is 3.32. The van der Waals surface area contributed by atoms with Crippen LogP contribution >= 0.6 is 0 Å². The van der Waals surface area contributed by atoms with Gasteiger partial charge in [0.15, 0.2) is 0 Å². The lowest BCUT2D eigenvalue weighted by Gasteiger charge is -2.20. The Balaban J connectivity index is 2.46. The van der Waals surface area contributed by atoms with Crippen molar-refractivity contribution in [2.45, 2.75) is 6.10 Å². The molecular weight excluding hydrogens is 180 g/mol. The molecule has 1 atom stereocenters. The number of aliphatic hydroxyl groups is 1. The average Bonchev–Trinajstić information content (AvgIpc) is 2.19. The van der Waals surface area contributed by atoms with E-state index in [0.717, 1.165) is 5.82 Å². The average molecular weight is 196 g/mol. The summed E-state index contributed by atoms with van der Waals surface area (Å²) in [6, 6.07) is 5.68. The van der Waals surface area contributed by atoms with Crippen LogP contribution in [0.4, 0.5) is 5.82 Å². The van der Waals surface area contributed by atoms with Gasteiger partial charge in [0.25, 0.3) is 0 Å². The van der Waals surface area contributed by atoms with Crippen molar-refractivity contribution >= 4 is 5.82 Å². The Morgan fingerprint density at radius 3 is 2.93 bits per heavy atom. The molecule has 1 aromatic heterocycles. The maximum atomic E-state index is 9.49. The first-order valence-corrected chi connectivity index (χ1v) is 4.53. The first kappa shape index (κ1) is 10.9. The minimum absolute atomic E-state index is 0.344. The van der Waals surface area contributed by atoms with Crippen molar-refractivity contribution in [3.05, 3.63) is 24.4 Å². The molecule has 0 aromatic carbocycles. The van der Waals surface area contributed by atoms with E-state index in [4.69, 9.17) is 4.74 Å². The highest BCUT2D eigenvalue weighted by atomic mass is 16.5. The predicted molar refractivity (Wildman–Crippen MR) is 55.4 cm³/mol. The molecule has 0 aliphatic rings. The van der Waals surface area contributed by atoms with E-state index in [0.29, 0.717) is 13.2 Å². The molecule has 0 bridgehead atoms. The van der Waals surface area contributed by atoms with Gasteiger partial charge in [0, 0.05) is 26.9 Å². The number of aromatic nitrogens is 1. The number of nitrogens with zero attached hydrogens (tertiary/aromatic N) is 2. The summed E-state index contributed by atoms with van der Waals surface area (Å²) in [5.41, 5.74) is 0. The van der Waals surface area contributed by atoms with E-state index >= 15 is 0 Å². The SMILES string of the molecule is COCC(O)CN(C)c1ccccn1. The number of anilines is 1. The molecule has 0 saturated carbocycles. The van der Waals surface area contributed by atoms with Crippen LogP contribution in [-0.4, -0.2) is 43.5 Å². The van der Waals surface area contributed by atoms with Crippen LogP contribution in [0.1, 0.15) is 0 Å². The number of hydrogen-bond acceptors (Lipinski definition) is 4. The third-order valence-electron chi connectivity index (χ3n) is 1.88. The summed E-state index contributed by atoms with van der Waals surface area (Å²) in [6.45, 7) is 0.863. The van der Waals surface area contributed by atoms with E-state index in [1.807, 2.05) is 30.1 Å². The molecule has 0 aliphatic heterocycles. The first-order valence-electron chi connectivity index (χ1n) is 4.53. The van der Waals surface area contributed by atoms with Crippen molar-refractivity contribution in [2.75, 3.05) is 32.2 Å². The Morgan fingerprint density at radius 1 is 1.57 bits per heavy atom. The quantitative estimate of drug-likeness (QED) is 0.746. The monoisotopic (exact) mass is 196 g/mol. The minimum Gasteiger partial charge on any atom is -0.389 e. The van der Waals surface area contributed by atoms with Gasteiger partial charge in [-0.15, -0.1) is 0 Å². The molecule has 1 heterocycles. The molecule has 0 aliphatic carbocycles. The topological polar surface area (TPSA) is 45.6 Å². The molecule has 4 nitrogen and oxygen atoms in total. The lowest BCUT2D eigenvalue weighted by molar-refractivity contribution is 0.0694. The summed E-state index contributed by atoms with van der Waals surface area (Å²) in [5.74, 6) is 0.850. The van der Waals surface area contributed by atoms with Crippen LogP contribution in [0.2, 0.25) is 0 Å². The molecule has 0 fully saturated rings. The van der Waals surface area contributed by atoms with Crippen molar-refractivity contribution in [1.29, 1.82) is 0 Å². The van der Waals surface area contributed by atoms with Crippen molar-refractivity contribution in [3.63, 3.8) is 0 Å². The highest BCUT2D eigenvalue weighted by Gasteiger charge is 2.08. The summed E-state index contributed by atoms with van der Waals surface area (Å²) in [4.78, 5) is 6.06. The van der Waals surface area contributed by atoms with Crippen molar-refractivity contribution in [2.24, 2.45) is 0 Å². The number of pyridine rings is 1. The van der Waals surface area contributed by atoms with E-state index < -0.39 is 6.10 Å². The molecule has 78 valence electrons. The van der Waals surface area contributed by atoms with Gasteiger partial charge in [-0.25, -0.2) is 4.98 Å². The van der Waals surface area contributed by atoms with E-state index in [1.54, 1.807) is 13.3 Å². The fourth-order valence-electron chi connectivity index (χ4n) is 1.23. The lowest BCUT2D eigenvalue weighted by Crippen LogP contribution is -2.32. The van der Waals surface area contributed by atoms with E-state index in [1.165, 1.54) is 0 Å². The number of hydrogen-bond donors (Lipinski definition) is 1. The normalized spacial score (nSPS) is 12.5. The summed E-state index contributed by atoms with van der Waals surface area (Å²) in [7, 11) is 3.46. The van der Waals surface area contributed by atoms with Gasteiger partial charge in [-0.05, 0) is 12.1 Å². The van der Waals surface area contributed by atoms with Crippen LogP contribution in [0.25, 0.3) is 0 Å². The maximum absolute atomic E-state index is 9.49. The second-order valence-corrected chi connectivity index (χ2v) is 3.18. The van der Waals surface area contributed by atoms with Gasteiger partial charge in [-0.1, -0.05) is 6.07 Å². The zero-order chi connectivity index (χ0) is 10.4. The summed E-state index contributed by atoms with van der Waals surface area (Å²) in [5, 5.41) is 9.49. The fourth-order valence-corrected chi connectivity index (χ4v) is 1.23. The molecule has 0 radical (unpaired) electrons. The molecular formula is C10H16N2O2. The molecule has 4 heteroatoms. The van der Waals surface area contributed by atoms with Crippen LogP contribution < -0.4 is 4.90 Å². The molecule has 0 spiro atoms. The Bertz CT molecular complexity index is 254. The number of methoxy groups -OCH3 is 1. The second kappa shape index (κ2) is 5.57. The minimum atomic E-state index is -0.480. The molecule has 0 amide bonds. The molecule has 1 rings (SSSR count). The van der Waals surface area contributed by atoms with Gasteiger partial charge >= 0.3 is 0 Å². The number of ether oxygens (including phenoxy) is 1. The van der Waals surface area contributed by atoms with Crippen LogP contribution in [0.15, 0.2) is 24.4 Å². The summed E-state index contributed by atoms with van der Waals surface area (Å²) < 4.78 is 4.84. The lowest BCUT2D eigenvalue weighted by atomic mass is 10.3. The Kier molecular flexibility index (Phi) is 4.35. The molecule has 1 aromatic rings. The highest BCUT2D eigenvalue weighted by Crippen LogP contribution is 2.06. The van der Waals surface area contributed by atoms with Crippen molar-refractivity contribution in [3.8, 4) is 0 Å². The van der Waals surface area contributed by atoms with Gasteiger partial charge in [0.2, 0.25) is 0 Å². The van der Waals surface area contributed by atoms with Gasteiger partial charge in [0.05, 0.1) is 12.7 Å². The van der Waals surface area contributed by atoms with Gasteiger partial charge in [-0.3, -0.25) is 0 Å². The molecule has 1 unspecified atom stereocenters. The van der Waals surface area contributed by atoms with E-state index in [2.05, 4.69) is 4.98 Å². The number of rotatable bonds is 5. The molecule has 14 heavy (non-hydrogen) atoms. The maximum Gasteiger partial charge on any atom is 0.128 e.